The van der Waals surface area contributed by atoms with Gasteiger partial charge in [0.2, 0.25) is 0 Å². The molecule has 4 rings (SSSR count). The maximum Gasteiger partial charge on any atom is 0.184 e. The first-order valence-electron chi connectivity index (χ1n) is 6.28. The van der Waals surface area contributed by atoms with Gasteiger partial charge in [0.05, 0.1) is 5.52 Å². The van der Waals surface area contributed by atoms with E-state index < -0.39 is 11.6 Å². The van der Waals surface area contributed by atoms with Crippen molar-refractivity contribution in [2.75, 3.05) is 0 Å². The van der Waals surface area contributed by atoms with Gasteiger partial charge in [0.1, 0.15) is 5.69 Å². The number of aromatic nitrogens is 4. The molecule has 0 aliphatic carbocycles. The average Bonchev–Trinajstić information content (AvgIpc) is 2.94. The van der Waals surface area contributed by atoms with Gasteiger partial charge in [-0.2, -0.15) is 4.52 Å². The second kappa shape index (κ2) is 4.31. The number of rotatable bonds is 1. The smallest absolute Gasteiger partial charge is 0.184 e. The quantitative estimate of drug-likeness (QED) is 0.538. The van der Waals surface area contributed by atoms with Crippen molar-refractivity contribution in [3.05, 3.63) is 60.3 Å². The van der Waals surface area contributed by atoms with Gasteiger partial charge in [-0.05, 0) is 24.3 Å². The second-order valence-corrected chi connectivity index (χ2v) is 4.62. The van der Waals surface area contributed by atoms with Gasteiger partial charge in [-0.15, -0.1) is 5.10 Å². The molecule has 0 atom stereocenters. The number of nitrogens with zero attached hydrogens (tertiary/aromatic N) is 4. The van der Waals surface area contributed by atoms with Crippen LogP contribution in [-0.2, 0) is 0 Å². The molecule has 0 unspecified atom stereocenters. The SMILES string of the molecule is Fc1ccc(-c2nnn3c2ncc2ccccc23)cc1F. The zero-order chi connectivity index (χ0) is 14.4. The normalized spacial score (nSPS) is 11.3. The lowest BCUT2D eigenvalue weighted by atomic mass is 10.1. The molecule has 0 aliphatic heterocycles. The molecule has 0 saturated heterocycles. The van der Waals surface area contributed by atoms with Crippen LogP contribution in [0.25, 0.3) is 27.8 Å². The summed E-state index contributed by atoms with van der Waals surface area (Å²) in [6.07, 6.45) is 1.71. The summed E-state index contributed by atoms with van der Waals surface area (Å²) in [6.45, 7) is 0. The highest BCUT2D eigenvalue weighted by atomic mass is 19.2. The molecule has 2 aromatic heterocycles. The fourth-order valence-electron chi connectivity index (χ4n) is 2.31. The lowest BCUT2D eigenvalue weighted by Crippen LogP contribution is -1.93. The minimum absolute atomic E-state index is 0.416. The van der Waals surface area contributed by atoms with Gasteiger partial charge in [-0.1, -0.05) is 23.4 Å². The molecule has 2 heterocycles. The molecule has 0 N–H and O–H groups in total. The predicted octanol–water partition coefficient (Wildman–Crippen LogP) is 3.22. The van der Waals surface area contributed by atoms with Gasteiger partial charge >= 0.3 is 0 Å². The maximum absolute atomic E-state index is 13.4. The summed E-state index contributed by atoms with van der Waals surface area (Å²) in [7, 11) is 0. The Labute approximate surface area is 117 Å². The van der Waals surface area contributed by atoms with Crippen molar-refractivity contribution in [3.63, 3.8) is 0 Å². The van der Waals surface area contributed by atoms with Crippen molar-refractivity contribution in [1.82, 2.24) is 19.8 Å². The van der Waals surface area contributed by atoms with Gasteiger partial charge in [0, 0.05) is 17.1 Å². The van der Waals surface area contributed by atoms with E-state index in [1.165, 1.54) is 6.07 Å². The molecule has 2 aromatic carbocycles. The Morgan fingerprint density at radius 1 is 0.952 bits per heavy atom. The molecule has 0 spiro atoms. The highest BCUT2D eigenvalue weighted by Crippen LogP contribution is 2.24. The summed E-state index contributed by atoms with van der Waals surface area (Å²) >= 11 is 0. The minimum atomic E-state index is -0.922. The summed E-state index contributed by atoms with van der Waals surface area (Å²) in [6, 6.07) is 11.2. The Morgan fingerprint density at radius 2 is 1.81 bits per heavy atom. The van der Waals surface area contributed by atoms with Gasteiger partial charge in [0.15, 0.2) is 17.3 Å². The second-order valence-electron chi connectivity index (χ2n) is 4.62. The van der Waals surface area contributed by atoms with Crippen molar-refractivity contribution in [2.24, 2.45) is 0 Å². The van der Waals surface area contributed by atoms with Crippen molar-refractivity contribution in [2.45, 2.75) is 0 Å². The van der Waals surface area contributed by atoms with E-state index in [2.05, 4.69) is 15.3 Å². The molecule has 21 heavy (non-hydrogen) atoms. The minimum Gasteiger partial charge on any atom is -0.234 e. The molecular weight excluding hydrogens is 274 g/mol. The summed E-state index contributed by atoms with van der Waals surface area (Å²) in [5, 5.41) is 9.03. The number of fused-ring (bicyclic) bond motifs is 3. The van der Waals surface area contributed by atoms with Crippen LogP contribution in [0.4, 0.5) is 8.78 Å². The van der Waals surface area contributed by atoms with Crippen LogP contribution in [0.2, 0.25) is 0 Å². The van der Waals surface area contributed by atoms with Crippen molar-refractivity contribution >= 4 is 16.6 Å². The van der Waals surface area contributed by atoms with Crippen LogP contribution in [0, 0.1) is 11.6 Å². The Morgan fingerprint density at radius 3 is 2.67 bits per heavy atom. The number of hydrogen-bond donors (Lipinski definition) is 0. The maximum atomic E-state index is 13.4. The van der Waals surface area contributed by atoms with Crippen molar-refractivity contribution in [1.29, 1.82) is 0 Å². The Kier molecular flexibility index (Phi) is 2.44. The first-order valence-corrected chi connectivity index (χ1v) is 6.28. The fourth-order valence-corrected chi connectivity index (χ4v) is 2.31. The van der Waals surface area contributed by atoms with Crippen molar-refractivity contribution < 1.29 is 8.78 Å². The van der Waals surface area contributed by atoms with E-state index in [1.807, 2.05) is 24.3 Å². The van der Waals surface area contributed by atoms with Crippen LogP contribution in [0.15, 0.2) is 48.7 Å². The Hall–Kier alpha value is -2.89. The third kappa shape index (κ3) is 1.76. The van der Waals surface area contributed by atoms with E-state index in [9.17, 15) is 8.78 Å². The number of benzene rings is 2. The zero-order valence-corrected chi connectivity index (χ0v) is 10.7. The summed E-state index contributed by atoms with van der Waals surface area (Å²) in [5.41, 5.74) is 2.20. The lowest BCUT2D eigenvalue weighted by Gasteiger charge is -2.01. The third-order valence-electron chi connectivity index (χ3n) is 3.33. The Bertz CT molecular complexity index is 978. The van der Waals surface area contributed by atoms with E-state index in [-0.39, 0.29) is 0 Å². The highest BCUT2D eigenvalue weighted by Gasteiger charge is 2.13. The molecule has 0 fully saturated rings. The fraction of sp³-hybridized carbons (Fsp3) is 0. The molecular formula is C15H8F2N4. The van der Waals surface area contributed by atoms with E-state index in [1.54, 1.807) is 10.7 Å². The van der Waals surface area contributed by atoms with Crippen LogP contribution in [0.5, 0.6) is 0 Å². The predicted molar refractivity (Wildman–Crippen MR) is 73.6 cm³/mol. The van der Waals surface area contributed by atoms with Gasteiger partial charge in [0.25, 0.3) is 0 Å². The van der Waals surface area contributed by atoms with Crippen LogP contribution in [0.3, 0.4) is 0 Å². The first-order chi connectivity index (χ1) is 10.2. The summed E-state index contributed by atoms with van der Waals surface area (Å²) in [5.74, 6) is -1.82. The molecule has 102 valence electrons. The molecule has 0 radical (unpaired) electrons. The van der Waals surface area contributed by atoms with E-state index >= 15 is 0 Å². The third-order valence-corrected chi connectivity index (χ3v) is 3.33. The molecule has 4 nitrogen and oxygen atoms in total. The van der Waals surface area contributed by atoms with Crippen LogP contribution >= 0.6 is 0 Å². The summed E-state index contributed by atoms with van der Waals surface area (Å²) < 4.78 is 28.0. The largest absolute Gasteiger partial charge is 0.234 e. The first kappa shape index (κ1) is 11.9. The van der Waals surface area contributed by atoms with Crippen LogP contribution < -0.4 is 0 Å². The number of para-hydroxylation sites is 1. The van der Waals surface area contributed by atoms with Crippen molar-refractivity contribution in [3.8, 4) is 11.3 Å². The van der Waals surface area contributed by atoms with Gasteiger partial charge < -0.3 is 0 Å². The molecule has 6 heteroatoms. The number of hydrogen-bond acceptors (Lipinski definition) is 3. The Balaban J connectivity index is 2.02. The highest BCUT2D eigenvalue weighted by molar-refractivity contribution is 5.83. The zero-order valence-electron chi connectivity index (χ0n) is 10.7. The topological polar surface area (TPSA) is 43.1 Å². The van der Waals surface area contributed by atoms with Gasteiger partial charge in [-0.3, -0.25) is 0 Å². The lowest BCUT2D eigenvalue weighted by molar-refractivity contribution is 0.509. The van der Waals surface area contributed by atoms with Crippen LogP contribution in [-0.4, -0.2) is 19.8 Å². The van der Waals surface area contributed by atoms with Gasteiger partial charge in [-0.25, -0.2) is 13.8 Å². The molecule has 0 saturated carbocycles. The average molecular weight is 282 g/mol. The van der Waals surface area contributed by atoms with E-state index in [0.717, 1.165) is 23.0 Å². The van der Waals surface area contributed by atoms with E-state index in [4.69, 9.17) is 0 Å². The molecule has 4 aromatic rings. The molecule has 0 amide bonds. The van der Waals surface area contributed by atoms with E-state index in [0.29, 0.717) is 16.9 Å². The number of halogens is 2. The van der Waals surface area contributed by atoms with Crippen LogP contribution in [0.1, 0.15) is 0 Å². The molecule has 0 bridgehead atoms. The summed E-state index contributed by atoms with van der Waals surface area (Å²) in [4.78, 5) is 4.32. The molecule has 0 aliphatic rings. The monoisotopic (exact) mass is 282 g/mol. The standard InChI is InChI=1S/C15H8F2N4/c16-11-6-5-9(7-12(11)17)14-15-18-8-10-3-1-2-4-13(10)21(15)20-19-14/h1-8H.